The minimum Gasteiger partial charge on any atom is -0.354 e. The number of nitrogens with one attached hydrogen (secondary N) is 2. The summed E-state index contributed by atoms with van der Waals surface area (Å²) in [5.74, 6) is 0.143. The van der Waals surface area contributed by atoms with Crippen molar-refractivity contribution in [2.24, 2.45) is 0 Å². The maximum atomic E-state index is 11.4. The maximum absolute atomic E-state index is 11.4. The van der Waals surface area contributed by atoms with Gasteiger partial charge in [0.25, 0.3) is 0 Å². The van der Waals surface area contributed by atoms with Crippen LogP contribution in [0.5, 0.6) is 0 Å². The fourth-order valence-electron chi connectivity index (χ4n) is 2.12. The Hall–Kier alpha value is -0.610. The van der Waals surface area contributed by atoms with Crippen LogP contribution in [0.3, 0.4) is 0 Å². The Morgan fingerprint density at radius 3 is 2.62 bits per heavy atom. The molecule has 2 rings (SSSR count). The molecule has 1 amide bonds. The van der Waals surface area contributed by atoms with Gasteiger partial charge >= 0.3 is 0 Å². The fraction of sp³-hybridized carbons (Fsp3) is 0.917. The van der Waals surface area contributed by atoms with Crippen LogP contribution in [0.25, 0.3) is 0 Å². The van der Waals surface area contributed by atoms with Crippen LogP contribution in [0.4, 0.5) is 0 Å². The summed E-state index contributed by atoms with van der Waals surface area (Å²) < 4.78 is 0. The minimum atomic E-state index is 0.143. The predicted molar refractivity (Wildman–Crippen MR) is 64.3 cm³/mol. The summed E-state index contributed by atoms with van der Waals surface area (Å²) >= 11 is 0. The van der Waals surface area contributed by atoms with E-state index in [-0.39, 0.29) is 5.91 Å². The first kappa shape index (κ1) is 11.9. The van der Waals surface area contributed by atoms with Crippen LogP contribution < -0.4 is 10.6 Å². The molecule has 1 saturated heterocycles. The van der Waals surface area contributed by atoms with Crippen LogP contribution in [0.1, 0.15) is 32.1 Å². The van der Waals surface area contributed by atoms with Gasteiger partial charge in [0.15, 0.2) is 0 Å². The van der Waals surface area contributed by atoms with Gasteiger partial charge < -0.3 is 15.5 Å². The number of hydrogen-bond donors (Lipinski definition) is 2. The molecule has 0 bridgehead atoms. The molecule has 16 heavy (non-hydrogen) atoms. The van der Waals surface area contributed by atoms with Gasteiger partial charge in [-0.3, -0.25) is 4.79 Å². The van der Waals surface area contributed by atoms with Gasteiger partial charge in [-0.2, -0.15) is 0 Å². The number of carbonyl (C=O) groups is 1. The van der Waals surface area contributed by atoms with Crippen LogP contribution >= 0.6 is 0 Å². The summed E-state index contributed by atoms with van der Waals surface area (Å²) in [5, 5.41) is 6.19. The highest BCUT2D eigenvalue weighted by atomic mass is 16.1. The summed E-state index contributed by atoms with van der Waals surface area (Å²) in [6.07, 6.45) is 6.48. The number of likely N-dealkylation sites (tertiary alicyclic amines) is 1. The van der Waals surface area contributed by atoms with E-state index in [0.29, 0.717) is 12.6 Å². The minimum absolute atomic E-state index is 0.143. The third kappa shape index (κ3) is 4.49. The normalized spacial score (nSPS) is 22.0. The van der Waals surface area contributed by atoms with E-state index in [0.717, 1.165) is 13.1 Å². The number of nitrogens with zero attached hydrogens (tertiary/aromatic N) is 1. The maximum Gasteiger partial charge on any atom is 0.234 e. The Morgan fingerprint density at radius 2 is 1.94 bits per heavy atom. The molecule has 0 radical (unpaired) electrons. The van der Waals surface area contributed by atoms with Crippen LogP contribution in [-0.4, -0.2) is 49.6 Å². The molecule has 4 nitrogen and oxygen atoms in total. The molecule has 4 heteroatoms. The molecule has 2 aliphatic rings. The lowest BCUT2D eigenvalue weighted by atomic mass is 10.1. The Kier molecular flexibility index (Phi) is 4.60. The average molecular weight is 225 g/mol. The molecule has 1 aliphatic carbocycles. The Bertz CT molecular complexity index is 222. The number of hydrogen-bond acceptors (Lipinski definition) is 3. The quantitative estimate of drug-likeness (QED) is 0.685. The van der Waals surface area contributed by atoms with Crippen molar-refractivity contribution in [1.29, 1.82) is 0 Å². The molecule has 2 N–H and O–H groups in total. The van der Waals surface area contributed by atoms with Crippen molar-refractivity contribution in [2.75, 3.05) is 32.7 Å². The number of piperidine rings is 1. The Labute approximate surface area is 97.8 Å². The van der Waals surface area contributed by atoms with Crippen LogP contribution in [-0.2, 0) is 4.79 Å². The molecule has 0 aromatic heterocycles. The Balaban J connectivity index is 1.47. The highest BCUT2D eigenvalue weighted by molar-refractivity contribution is 5.78. The largest absolute Gasteiger partial charge is 0.354 e. The zero-order valence-electron chi connectivity index (χ0n) is 10.0. The monoisotopic (exact) mass is 225 g/mol. The molecule has 1 saturated carbocycles. The molecular formula is C12H23N3O. The van der Waals surface area contributed by atoms with Crippen molar-refractivity contribution < 1.29 is 4.79 Å². The average Bonchev–Trinajstić information content (AvgIpc) is 3.12. The predicted octanol–water partition coefficient (Wildman–Crippen LogP) is 0.341. The summed E-state index contributed by atoms with van der Waals surface area (Å²) in [6.45, 7) is 4.71. The van der Waals surface area contributed by atoms with Crippen molar-refractivity contribution in [1.82, 2.24) is 15.5 Å². The number of rotatable bonds is 6. The van der Waals surface area contributed by atoms with Crippen molar-refractivity contribution in [3.8, 4) is 0 Å². The van der Waals surface area contributed by atoms with Gasteiger partial charge in [-0.15, -0.1) is 0 Å². The summed E-state index contributed by atoms with van der Waals surface area (Å²) in [5.41, 5.74) is 0. The van der Waals surface area contributed by atoms with E-state index < -0.39 is 0 Å². The van der Waals surface area contributed by atoms with Crippen LogP contribution in [0.2, 0.25) is 0 Å². The summed E-state index contributed by atoms with van der Waals surface area (Å²) in [7, 11) is 0. The molecule has 2 fully saturated rings. The van der Waals surface area contributed by atoms with Gasteiger partial charge in [0.05, 0.1) is 6.54 Å². The first-order valence-corrected chi connectivity index (χ1v) is 6.57. The van der Waals surface area contributed by atoms with Crippen molar-refractivity contribution in [2.45, 2.75) is 38.1 Å². The van der Waals surface area contributed by atoms with Gasteiger partial charge in [0.2, 0.25) is 5.91 Å². The second-order valence-electron chi connectivity index (χ2n) is 4.91. The van der Waals surface area contributed by atoms with Crippen molar-refractivity contribution >= 4 is 5.91 Å². The highest BCUT2D eigenvalue weighted by Crippen LogP contribution is 2.17. The van der Waals surface area contributed by atoms with Gasteiger partial charge in [-0.05, 0) is 38.8 Å². The smallest absolute Gasteiger partial charge is 0.234 e. The fourth-order valence-corrected chi connectivity index (χ4v) is 2.12. The van der Waals surface area contributed by atoms with Gasteiger partial charge in [-0.25, -0.2) is 0 Å². The topological polar surface area (TPSA) is 44.4 Å². The molecular weight excluding hydrogens is 202 g/mol. The van der Waals surface area contributed by atoms with E-state index in [9.17, 15) is 4.79 Å². The third-order valence-corrected chi connectivity index (χ3v) is 3.33. The number of carbonyl (C=O) groups excluding carboxylic acids is 1. The second-order valence-corrected chi connectivity index (χ2v) is 4.91. The van der Waals surface area contributed by atoms with Crippen LogP contribution in [0.15, 0.2) is 0 Å². The van der Waals surface area contributed by atoms with E-state index in [1.807, 2.05) is 0 Å². The molecule has 0 aromatic carbocycles. The van der Waals surface area contributed by atoms with E-state index in [4.69, 9.17) is 0 Å². The molecule has 0 unspecified atom stereocenters. The molecule has 0 spiro atoms. The van der Waals surface area contributed by atoms with Gasteiger partial charge in [-0.1, -0.05) is 6.42 Å². The van der Waals surface area contributed by atoms with E-state index in [2.05, 4.69) is 15.5 Å². The lowest BCUT2D eigenvalue weighted by Crippen LogP contribution is -2.40. The summed E-state index contributed by atoms with van der Waals surface area (Å²) in [6, 6.07) is 0.618. The SMILES string of the molecule is O=C(CNC1CC1)NCCN1CCCCC1. The molecule has 1 heterocycles. The van der Waals surface area contributed by atoms with Gasteiger partial charge in [0.1, 0.15) is 0 Å². The van der Waals surface area contributed by atoms with E-state index >= 15 is 0 Å². The third-order valence-electron chi connectivity index (χ3n) is 3.33. The van der Waals surface area contributed by atoms with Crippen molar-refractivity contribution in [3.63, 3.8) is 0 Å². The highest BCUT2D eigenvalue weighted by Gasteiger charge is 2.21. The molecule has 0 aromatic rings. The molecule has 1 aliphatic heterocycles. The van der Waals surface area contributed by atoms with Crippen molar-refractivity contribution in [3.05, 3.63) is 0 Å². The van der Waals surface area contributed by atoms with E-state index in [1.165, 1.54) is 45.2 Å². The molecule has 0 atom stereocenters. The van der Waals surface area contributed by atoms with Crippen LogP contribution in [0, 0.1) is 0 Å². The molecule has 92 valence electrons. The summed E-state index contributed by atoms with van der Waals surface area (Å²) in [4.78, 5) is 13.9. The first-order valence-electron chi connectivity index (χ1n) is 6.57. The van der Waals surface area contributed by atoms with E-state index in [1.54, 1.807) is 0 Å². The lowest BCUT2D eigenvalue weighted by Gasteiger charge is -2.26. The zero-order valence-corrected chi connectivity index (χ0v) is 10.0. The first-order chi connectivity index (χ1) is 7.84. The standard InChI is InChI=1S/C12H23N3O/c16-12(10-14-11-4-5-11)13-6-9-15-7-2-1-3-8-15/h11,14H,1-10H2,(H,13,16). The van der Waals surface area contributed by atoms with Gasteiger partial charge in [0, 0.05) is 19.1 Å². The zero-order chi connectivity index (χ0) is 11.2. The number of amides is 1. The Morgan fingerprint density at radius 1 is 1.19 bits per heavy atom. The second kappa shape index (κ2) is 6.21. The lowest BCUT2D eigenvalue weighted by molar-refractivity contribution is -0.120.